The summed E-state index contributed by atoms with van der Waals surface area (Å²) < 4.78 is 0. The Balaban J connectivity index is 1.97. The van der Waals surface area contributed by atoms with Crippen molar-refractivity contribution in [1.29, 1.82) is 0 Å². The van der Waals surface area contributed by atoms with Gasteiger partial charge in [-0.05, 0) is 18.1 Å². The Morgan fingerprint density at radius 2 is 2.12 bits per heavy atom. The SMILES string of the molecule is CCCCCON1C(=O)Cc2ccccc21. The van der Waals surface area contributed by atoms with Gasteiger partial charge >= 0.3 is 0 Å². The first kappa shape index (κ1) is 11.1. The summed E-state index contributed by atoms with van der Waals surface area (Å²) in [4.78, 5) is 17.2. The third-order valence-electron chi connectivity index (χ3n) is 2.75. The number of carbonyl (C=O) groups is 1. The number of anilines is 1. The maximum absolute atomic E-state index is 11.7. The second kappa shape index (κ2) is 5.12. The van der Waals surface area contributed by atoms with Crippen LogP contribution in [0.4, 0.5) is 5.69 Å². The van der Waals surface area contributed by atoms with E-state index in [2.05, 4.69) is 6.92 Å². The molecular formula is C13H17NO2. The molecule has 0 N–H and O–H groups in total. The lowest BCUT2D eigenvalue weighted by molar-refractivity contribution is -0.124. The van der Waals surface area contributed by atoms with E-state index in [1.807, 2.05) is 24.3 Å². The normalized spacial score (nSPS) is 14.3. The first-order valence-electron chi connectivity index (χ1n) is 5.86. The number of amides is 1. The van der Waals surface area contributed by atoms with Crippen molar-refractivity contribution >= 4 is 11.6 Å². The summed E-state index contributed by atoms with van der Waals surface area (Å²) in [6.45, 7) is 2.77. The number of benzene rings is 1. The minimum atomic E-state index is 0.0395. The van der Waals surface area contributed by atoms with Gasteiger partial charge in [0, 0.05) is 0 Å². The molecule has 0 radical (unpaired) electrons. The fraction of sp³-hybridized carbons (Fsp3) is 0.462. The van der Waals surface area contributed by atoms with Crippen molar-refractivity contribution in [1.82, 2.24) is 0 Å². The van der Waals surface area contributed by atoms with Crippen LogP contribution in [0.3, 0.4) is 0 Å². The summed E-state index contributed by atoms with van der Waals surface area (Å²) in [6, 6.07) is 7.79. The summed E-state index contributed by atoms with van der Waals surface area (Å²) in [5, 5.41) is 1.45. The quantitative estimate of drug-likeness (QED) is 0.712. The van der Waals surface area contributed by atoms with Crippen LogP contribution >= 0.6 is 0 Å². The van der Waals surface area contributed by atoms with Crippen LogP contribution in [0.15, 0.2) is 24.3 Å². The maximum Gasteiger partial charge on any atom is 0.255 e. The molecule has 3 heteroatoms. The van der Waals surface area contributed by atoms with Crippen LogP contribution in [0, 0.1) is 0 Å². The first-order valence-corrected chi connectivity index (χ1v) is 5.86. The molecule has 1 aliphatic heterocycles. The molecule has 86 valence electrons. The molecule has 3 nitrogen and oxygen atoms in total. The van der Waals surface area contributed by atoms with Crippen molar-refractivity contribution in [2.45, 2.75) is 32.6 Å². The molecule has 0 atom stereocenters. The molecular weight excluding hydrogens is 202 g/mol. The molecule has 0 saturated carbocycles. The third-order valence-corrected chi connectivity index (χ3v) is 2.75. The number of hydrogen-bond acceptors (Lipinski definition) is 2. The summed E-state index contributed by atoms with van der Waals surface area (Å²) in [5.41, 5.74) is 1.96. The molecule has 1 aromatic carbocycles. The lowest BCUT2D eigenvalue weighted by atomic mass is 10.2. The van der Waals surface area contributed by atoms with Gasteiger partial charge in [0.2, 0.25) is 0 Å². The predicted molar refractivity (Wildman–Crippen MR) is 63.1 cm³/mol. The molecule has 0 unspecified atom stereocenters. The number of carbonyl (C=O) groups excluding carboxylic acids is 1. The van der Waals surface area contributed by atoms with Gasteiger partial charge in [-0.1, -0.05) is 38.0 Å². The largest absolute Gasteiger partial charge is 0.272 e. The number of nitrogens with zero attached hydrogens (tertiary/aromatic N) is 1. The number of para-hydroxylation sites is 1. The zero-order chi connectivity index (χ0) is 11.4. The van der Waals surface area contributed by atoms with Gasteiger partial charge in [0.1, 0.15) is 0 Å². The molecule has 0 aromatic heterocycles. The molecule has 0 spiro atoms. The first-order chi connectivity index (χ1) is 7.83. The Morgan fingerprint density at radius 3 is 2.94 bits per heavy atom. The number of rotatable bonds is 5. The summed E-state index contributed by atoms with van der Waals surface area (Å²) in [7, 11) is 0. The van der Waals surface area contributed by atoms with Crippen LogP contribution in [0.2, 0.25) is 0 Å². The number of fused-ring (bicyclic) bond motifs is 1. The fourth-order valence-corrected chi connectivity index (χ4v) is 1.88. The van der Waals surface area contributed by atoms with E-state index < -0.39 is 0 Å². The Morgan fingerprint density at radius 1 is 1.31 bits per heavy atom. The van der Waals surface area contributed by atoms with Gasteiger partial charge in [-0.2, -0.15) is 5.06 Å². The number of hydrogen-bond donors (Lipinski definition) is 0. The van der Waals surface area contributed by atoms with Gasteiger partial charge in [0.15, 0.2) is 0 Å². The maximum atomic E-state index is 11.7. The van der Waals surface area contributed by atoms with Crippen molar-refractivity contribution < 1.29 is 9.63 Å². The van der Waals surface area contributed by atoms with Gasteiger partial charge in [0.05, 0.1) is 18.7 Å². The van der Waals surface area contributed by atoms with Gasteiger partial charge < -0.3 is 0 Å². The van der Waals surface area contributed by atoms with Crippen molar-refractivity contribution in [3.63, 3.8) is 0 Å². The number of unbranched alkanes of at least 4 members (excludes halogenated alkanes) is 2. The second-order valence-electron chi connectivity index (χ2n) is 4.03. The molecule has 16 heavy (non-hydrogen) atoms. The van der Waals surface area contributed by atoms with Gasteiger partial charge in [-0.15, -0.1) is 0 Å². The molecule has 1 aromatic rings. The lowest BCUT2D eigenvalue weighted by Gasteiger charge is -2.16. The zero-order valence-corrected chi connectivity index (χ0v) is 9.61. The topological polar surface area (TPSA) is 29.5 Å². The number of hydroxylamine groups is 1. The highest BCUT2D eigenvalue weighted by Crippen LogP contribution is 2.28. The zero-order valence-electron chi connectivity index (χ0n) is 9.61. The monoisotopic (exact) mass is 219 g/mol. The van der Waals surface area contributed by atoms with Crippen molar-refractivity contribution in [2.24, 2.45) is 0 Å². The molecule has 2 rings (SSSR count). The van der Waals surface area contributed by atoms with Crippen molar-refractivity contribution in [3.8, 4) is 0 Å². The van der Waals surface area contributed by atoms with E-state index in [9.17, 15) is 4.79 Å². The van der Waals surface area contributed by atoms with E-state index >= 15 is 0 Å². The van der Waals surface area contributed by atoms with E-state index in [1.165, 1.54) is 5.06 Å². The average Bonchev–Trinajstić information content (AvgIpc) is 2.61. The highest BCUT2D eigenvalue weighted by molar-refractivity contribution is 5.99. The molecule has 1 heterocycles. The molecule has 0 aliphatic carbocycles. The second-order valence-corrected chi connectivity index (χ2v) is 4.03. The summed E-state index contributed by atoms with van der Waals surface area (Å²) in [5.74, 6) is 0.0395. The lowest BCUT2D eigenvalue weighted by Crippen LogP contribution is -2.27. The Kier molecular flexibility index (Phi) is 3.57. The Hall–Kier alpha value is -1.35. The molecule has 1 amide bonds. The van der Waals surface area contributed by atoms with Crippen LogP contribution in [-0.2, 0) is 16.1 Å². The van der Waals surface area contributed by atoms with Gasteiger partial charge in [-0.25, -0.2) is 0 Å². The highest BCUT2D eigenvalue weighted by atomic mass is 16.7. The molecule has 0 fully saturated rings. The standard InChI is InChI=1S/C13H17NO2/c1-2-3-6-9-16-14-12-8-5-4-7-11(12)10-13(14)15/h4-5,7-8H,2-3,6,9-10H2,1H3. The van der Waals surface area contributed by atoms with E-state index in [0.717, 1.165) is 30.5 Å². The van der Waals surface area contributed by atoms with E-state index in [0.29, 0.717) is 13.0 Å². The summed E-state index contributed by atoms with van der Waals surface area (Å²) in [6.07, 6.45) is 3.77. The van der Waals surface area contributed by atoms with E-state index in [1.54, 1.807) is 0 Å². The van der Waals surface area contributed by atoms with Crippen molar-refractivity contribution in [2.75, 3.05) is 11.7 Å². The molecule has 0 saturated heterocycles. The van der Waals surface area contributed by atoms with Crippen LogP contribution in [-0.4, -0.2) is 12.5 Å². The van der Waals surface area contributed by atoms with Crippen LogP contribution in [0.1, 0.15) is 31.7 Å². The van der Waals surface area contributed by atoms with E-state index in [-0.39, 0.29) is 5.91 Å². The Bertz CT molecular complexity index is 376. The third kappa shape index (κ3) is 2.25. The minimum Gasteiger partial charge on any atom is -0.272 e. The smallest absolute Gasteiger partial charge is 0.255 e. The van der Waals surface area contributed by atoms with E-state index in [4.69, 9.17) is 4.84 Å². The van der Waals surface area contributed by atoms with Gasteiger partial charge in [0.25, 0.3) is 5.91 Å². The minimum absolute atomic E-state index is 0.0395. The van der Waals surface area contributed by atoms with Gasteiger partial charge in [-0.3, -0.25) is 9.63 Å². The van der Waals surface area contributed by atoms with Crippen LogP contribution in [0.5, 0.6) is 0 Å². The van der Waals surface area contributed by atoms with Crippen LogP contribution in [0.25, 0.3) is 0 Å². The molecule has 1 aliphatic rings. The van der Waals surface area contributed by atoms with Crippen molar-refractivity contribution in [3.05, 3.63) is 29.8 Å². The average molecular weight is 219 g/mol. The highest BCUT2D eigenvalue weighted by Gasteiger charge is 2.27. The predicted octanol–water partition coefficient (Wildman–Crippen LogP) is 2.70. The molecule has 0 bridgehead atoms. The fourth-order valence-electron chi connectivity index (χ4n) is 1.88. The summed E-state index contributed by atoms with van der Waals surface area (Å²) >= 11 is 0. The Labute approximate surface area is 96.0 Å². The van der Waals surface area contributed by atoms with Crippen LogP contribution < -0.4 is 5.06 Å².